The summed E-state index contributed by atoms with van der Waals surface area (Å²) in [6.45, 7) is 7.94. The zero-order chi connectivity index (χ0) is 13.9. The average molecular weight is 283 g/mol. The monoisotopic (exact) mass is 282 g/mol. The minimum Gasteiger partial charge on any atom is -0.379 e. The zero-order valence-electron chi connectivity index (χ0n) is 11.7. The maximum Gasteiger partial charge on any atom is 0.0594 e. The van der Waals surface area contributed by atoms with Gasteiger partial charge in [0.05, 0.1) is 13.2 Å². The van der Waals surface area contributed by atoms with Gasteiger partial charge in [0.15, 0.2) is 0 Å². The smallest absolute Gasteiger partial charge is 0.0594 e. The third-order valence-corrected chi connectivity index (χ3v) is 4.31. The Morgan fingerprint density at radius 3 is 2.68 bits per heavy atom. The number of halogens is 1. The van der Waals surface area contributed by atoms with Gasteiger partial charge in [-0.3, -0.25) is 4.90 Å². The van der Waals surface area contributed by atoms with Crippen LogP contribution in [0.1, 0.15) is 19.4 Å². The van der Waals surface area contributed by atoms with E-state index in [4.69, 9.17) is 22.1 Å². The number of nitrogens with zero attached hydrogens (tertiary/aromatic N) is 1. The lowest BCUT2D eigenvalue weighted by Gasteiger charge is -2.44. The molecule has 0 spiro atoms. The van der Waals surface area contributed by atoms with E-state index in [0.717, 1.165) is 37.7 Å². The summed E-state index contributed by atoms with van der Waals surface area (Å²) in [6.07, 6.45) is 0.838. The molecule has 0 aliphatic carbocycles. The van der Waals surface area contributed by atoms with E-state index in [-0.39, 0.29) is 11.6 Å². The van der Waals surface area contributed by atoms with Crippen molar-refractivity contribution in [3.63, 3.8) is 0 Å². The van der Waals surface area contributed by atoms with Crippen molar-refractivity contribution in [1.82, 2.24) is 4.90 Å². The van der Waals surface area contributed by atoms with Crippen molar-refractivity contribution in [3.05, 3.63) is 34.9 Å². The first-order valence-corrected chi connectivity index (χ1v) is 7.21. The third kappa shape index (κ3) is 3.69. The molecule has 1 aromatic rings. The van der Waals surface area contributed by atoms with E-state index in [1.54, 1.807) is 0 Å². The topological polar surface area (TPSA) is 38.5 Å². The van der Waals surface area contributed by atoms with E-state index >= 15 is 0 Å². The molecule has 0 saturated carbocycles. The lowest BCUT2D eigenvalue weighted by Crippen LogP contribution is -2.59. The van der Waals surface area contributed by atoms with Crippen LogP contribution < -0.4 is 5.73 Å². The van der Waals surface area contributed by atoms with E-state index in [0.29, 0.717) is 0 Å². The number of rotatable bonds is 4. The standard InChI is InChI=1S/C15H23ClN2O/c1-15(2,18-6-8-19-9-7-18)14(17)11-12-4-3-5-13(16)10-12/h3-5,10,14H,6-9,11,17H2,1-2H3. The third-order valence-electron chi connectivity index (χ3n) is 4.08. The van der Waals surface area contributed by atoms with E-state index in [9.17, 15) is 0 Å². The summed E-state index contributed by atoms with van der Waals surface area (Å²) >= 11 is 6.02. The van der Waals surface area contributed by atoms with Crippen LogP contribution in [0.5, 0.6) is 0 Å². The molecule has 19 heavy (non-hydrogen) atoms. The van der Waals surface area contributed by atoms with Gasteiger partial charge < -0.3 is 10.5 Å². The van der Waals surface area contributed by atoms with Gasteiger partial charge >= 0.3 is 0 Å². The van der Waals surface area contributed by atoms with Crippen LogP contribution in [0.3, 0.4) is 0 Å². The number of nitrogens with two attached hydrogens (primary N) is 1. The lowest BCUT2D eigenvalue weighted by molar-refractivity contribution is -0.0186. The Hall–Kier alpha value is -0.610. The predicted molar refractivity (Wildman–Crippen MR) is 79.6 cm³/mol. The van der Waals surface area contributed by atoms with Crippen LogP contribution in [-0.2, 0) is 11.2 Å². The van der Waals surface area contributed by atoms with E-state index in [1.165, 1.54) is 5.56 Å². The predicted octanol–water partition coefficient (Wildman–Crippen LogP) is 2.32. The second-order valence-electron chi connectivity index (χ2n) is 5.69. The van der Waals surface area contributed by atoms with Crippen molar-refractivity contribution in [2.24, 2.45) is 5.73 Å². The molecule has 1 aliphatic rings. The molecule has 0 bridgehead atoms. The van der Waals surface area contributed by atoms with Crippen LogP contribution in [0.4, 0.5) is 0 Å². The molecule has 4 heteroatoms. The molecule has 1 unspecified atom stereocenters. The highest BCUT2D eigenvalue weighted by atomic mass is 35.5. The highest BCUT2D eigenvalue weighted by Gasteiger charge is 2.33. The number of hydrogen-bond donors (Lipinski definition) is 1. The summed E-state index contributed by atoms with van der Waals surface area (Å²) in [4.78, 5) is 2.42. The van der Waals surface area contributed by atoms with Crippen LogP contribution in [-0.4, -0.2) is 42.8 Å². The first kappa shape index (κ1) is 14.8. The Labute approximate surface area is 120 Å². The Bertz CT molecular complexity index is 416. The van der Waals surface area contributed by atoms with Crippen LogP contribution in [0.25, 0.3) is 0 Å². The molecule has 1 aromatic carbocycles. The molecule has 0 radical (unpaired) electrons. The van der Waals surface area contributed by atoms with Gasteiger partial charge in [0, 0.05) is 29.7 Å². The number of ether oxygens (including phenoxy) is 1. The van der Waals surface area contributed by atoms with Crippen LogP contribution >= 0.6 is 11.6 Å². The SMILES string of the molecule is CC(C)(C(N)Cc1cccc(Cl)c1)N1CCOCC1. The maximum absolute atomic E-state index is 6.44. The Morgan fingerprint density at radius 1 is 1.37 bits per heavy atom. The molecule has 0 aromatic heterocycles. The molecule has 3 nitrogen and oxygen atoms in total. The van der Waals surface area contributed by atoms with Crippen molar-refractivity contribution >= 4 is 11.6 Å². The zero-order valence-corrected chi connectivity index (χ0v) is 12.5. The van der Waals surface area contributed by atoms with Crippen molar-refractivity contribution in [2.45, 2.75) is 31.8 Å². The molecule has 1 atom stereocenters. The summed E-state index contributed by atoms with van der Waals surface area (Å²) in [6, 6.07) is 8.03. The Morgan fingerprint density at radius 2 is 2.05 bits per heavy atom. The summed E-state index contributed by atoms with van der Waals surface area (Å²) in [5.41, 5.74) is 7.60. The number of morpholine rings is 1. The van der Waals surface area contributed by atoms with Crippen LogP contribution in [0.15, 0.2) is 24.3 Å². The van der Waals surface area contributed by atoms with Crippen molar-refractivity contribution in [1.29, 1.82) is 0 Å². The minimum atomic E-state index is -0.0356. The van der Waals surface area contributed by atoms with Gasteiger partial charge in [-0.2, -0.15) is 0 Å². The van der Waals surface area contributed by atoms with Crippen molar-refractivity contribution < 1.29 is 4.74 Å². The fourth-order valence-corrected chi connectivity index (χ4v) is 2.75. The molecular formula is C15H23ClN2O. The fourth-order valence-electron chi connectivity index (χ4n) is 2.54. The molecule has 2 N–H and O–H groups in total. The first-order valence-electron chi connectivity index (χ1n) is 6.83. The van der Waals surface area contributed by atoms with Gasteiger partial charge in [0.2, 0.25) is 0 Å². The summed E-state index contributed by atoms with van der Waals surface area (Å²) in [7, 11) is 0. The normalized spacial score (nSPS) is 19.4. The van der Waals surface area contributed by atoms with Crippen molar-refractivity contribution in [3.8, 4) is 0 Å². The first-order chi connectivity index (χ1) is 9.00. The van der Waals surface area contributed by atoms with Gasteiger partial charge in [-0.15, -0.1) is 0 Å². The second kappa shape index (κ2) is 6.23. The Kier molecular flexibility index (Phi) is 4.85. The van der Waals surface area contributed by atoms with E-state index in [2.05, 4.69) is 24.8 Å². The van der Waals surface area contributed by atoms with Gasteiger partial charge in [0.1, 0.15) is 0 Å². The molecule has 1 saturated heterocycles. The average Bonchev–Trinajstić information content (AvgIpc) is 2.39. The van der Waals surface area contributed by atoms with Gasteiger partial charge in [-0.05, 0) is 38.0 Å². The van der Waals surface area contributed by atoms with E-state index in [1.807, 2.05) is 18.2 Å². The molecule has 1 fully saturated rings. The lowest BCUT2D eigenvalue weighted by atomic mass is 9.88. The van der Waals surface area contributed by atoms with E-state index < -0.39 is 0 Å². The maximum atomic E-state index is 6.44. The van der Waals surface area contributed by atoms with Crippen LogP contribution in [0, 0.1) is 0 Å². The largest absolute Gasteiger partial charge is 0.379 e. The van der Waals surface area contributed by atoms with Gasteiger partial charge in [0.25, 0.3) is 0 Å². The molecule has 1 aliphatic heterocycles. The van der Waals surface area contributed by atoms with Crippen molar-refractivity contribution in [2.75, 3.05) is 26.3 Å². The number of benzene rings is 1. The molecule has 1 heterocycles. The molecule has 0 amide bonds. The van der Waals surface area contributed by atoms with Crippen LogP contribution in [0.2, 0.25) is 5.02 Å². The summed E-state index contributed by atoms with van der Waals surface area (Å²) in [5.74, 6) is 0. The molecular weight excluding hydrogens is 260 g/mol. The second-order valence-corrected chi connectivity index (χ2v) is 6.13. The minimum absolute atomic E-state index is 0.0356. The van der Waals surface area contributed by atoms with Gasteiger partial charge in [-0.1, -0.05) is 23.7 Å². The molecule has 106 valence electrons. The highest BCUT2D eigenvalue weighted by molar-refractivity contribution is 6.30. The summed E-state index contributed by atoms with van der Waals surface area (Å²) in [5, 5.41) is 0.772. The fraction of sp³-hybridized carbons (Fsp3) is 0.600. The quantitative estimate of drug-likeness (QED) is 0.921. The number of hydrogen-bond acceptors (Lipinski definition) is 3. The van der Waals surface area contributed by atoms with Gasteiger partial charge in [-0.25, -0.2) is 0 Å². The highest BCUT2D eigenvalue weighted by Crippen LogP contribution is 2.22. The molecule has 2 rings (SSSR count). The Balaban J connectivity index is 2.03. The summed E-state index contributed by atoms with van der Waals surface area (Å²) < 4.78 is 5.41.